The molecule has 0 spiro atoms. The van der Waals surface area contributed by atoms with Crippen LogP contribution < -0.4 is 0 Å². The minimum absolute atomic E-state index is 0.185. The summed E-state index contributed by atoms with van der Waals surface area (Å²) in [6, 6.07) is 0. The Bertz CT molecular complexity index is 365. The summed E-state index contributed by atoms with van der Waals surface area (Å²) in [6.07, 6.45) is 8.07. The Kier molecular flexibility index (Phi) is 5.83. The number of aryl methyl sites for hydroxylation is 1. The molecule has 0 saturated heterocycles. The Morgan fingerprint density at radius 2 is 2.00 bits per heavy atom. The molecule has 0 bridgehead atoms. The van der Waals surface area contributed by atoms with Gasteiger partial charge >= 0.3 is 0 Å². The van der Waals surface area contributed by atoms with Crippen LogP contribution in [0.15, 0.2) is 6.20 Å². The second kappa shape index (κ2) is 6.66. The van der Waals surface area contributed by atoms with Gasteiger partial charge in [-0.2, -0.15) is 0 Å². The first-order chi connectivity index (χ1) is 8.03. The van der Waals surface area contributed by atoms with Gasteiger partial charge < -0.3 is 0 Å². The van der Waals surface area contributed by atoms with Crippen molar-refractivity contribution in [3.05, 3.63) is 21.3 Å². The zero-order valence-electron chi connectivity index (χ0n) is 11.4. The van der Waals surface area contributed by atoms with E-state index in [2.05, 4.69) is 48.3 Å². The van der Waals surface area contributed by atoms with Crippen molar-refractivity contribution in [1.29, 1.82) is 0 Å². The first kappa shape index (κ1) is 14.9. The van der Waals surface area contributed by atoms with E-state index in [4.69, 9.17) is 4.98 Å². The van der Waals surface area contributed by atoms with Gasteiger partial charge in [-0.25, -0.2) is 4.98 Å². The van der Waals surface area contributed by atoms with Crippen molar-refractivity contribution in [2.75, 3.05) is 0 Å². The van der Waals surface area contributed by atoms with Crippen molar-refractivity contribution in [3.63, 3.8) is 0 Å². The largest absolute Gasteiger partial charge is 0.253 e. The third kappa shape index (κ3) is 3.90. The summed E-state index contributed by atoms with van der Waals surface area (Å²) in [7, 11) is 0. The van der Waals surface area contributed by atoms with Crippen molar-refractivity contribution in [2.45, 2.75) is 65.2 Å². The van der Waals surface area contributed by atoms with Gasteiger partial charge in [-0.1, -0.05) is 40.0 Å². The van der Waals surface area contributed by atoms with Crippen LogP contribution >= 0.6 is 22.6 Å². The molecule has 0 aliphatic rings. The van der Waals surface area contributed by atoms with E-state index in [-0.39, 0.29) is 5.41 Å². The summed E-state index contributed by atoms with van der Waals surface area (Å²) in [5, 5.41) is 0. The van der Waals surface area contributed by atoms with Crippen molar-refractivity contribution in [2.24, 2.45) is 0 Å². The second-order valence-electron chi connectivity index (χ2n) is 5.02. The van der Waals surface area contributed by atoms with Gasteiger partial charge in [0.1, 0.15) is 3.70 Å². The summed E-state index contributed by atoms with van der Waals surface area (Å²) >= 11 is 2.31. The predicted molar refractivity (Wildman–Crippen MR) is 81.3 cm³/mol. The van der Waals surface area contributed by atoms with Crippen molar-refractivity contribution in [3.8, 4) is 0 Å². The smallest absolute Gasteiger partial charge is 0.123 e. The lowest BCUT2D eigenvalue weighted by Gasteiger charge is -2.28. The average Bonchev–Trinajstić information content (AvgIpc) is 2.32. The van der Waals surface area contributed by atoms with Crippen LogP contribution in [0, 0.1) is 10.6 Å². The molecule has 0 radical (unpaired) electrons. The van der Waals surface area contributed by atoms with Crippen molar-refractivity contribution < 1.29 is 0 Å². The van der Waals surface area contributed by atoms with Gasteiger partial charge in [0.15, 0.2) is 0 Å². The molecule has 1 rings (SSSR count). The highest BCUT2D eigenvalue weighted by atomic mass is 127. The topological polar surface area (TPSA) is 25.8 Å². The number of rotatable bonds is 6. The summed E-state index contributed by atoms with van der Waals surface area (Å²) in [6.45, 7) is 8.86. The van der Waals surface area contributed by atoms with Crippen LogP contribution in [-0.2, 0) is 5.41 Å². The highest BCUT2D eigenvalue weighted by Gasteiger charge is 2.28. The Labute approximate surface area is 119 Å². The number of nitrogens with zero attached hydrogens (tertiary/aromatic N) is 2. The highest BCUT2D eigenvalue weighted by molar-refractivity contribution is 14.1. The molecule has 96 valence electrons. The molecular formula is C14H23IN2. The number of aromatic nitrogens is 2. The molecule has 0 saturated carbocycles. The normalized spacial score (nSPS) is 14.6. The molecule has 1 aromatic rings. The van der Waals surface area contributed by atoms with Crippen molar-refractivity contribution >= 4 is 22.6 Å². The molecule has 1 unspecified atom stereocenters. The van der Waals surface area contributed by atoms with E-state index in [1.807, 2.05) is 13.1 Å². The predicted octanol–water partition coefficient (Wildman–Crippen LogP) is 4.64. The lowest BCUT2D eigenvalue weighted by Crippen LogP contribution is -2.25. The maximum Gasteiger partial charge on any atom is 0.123 e. The summed E-state index contributed by atoms with van der Waals surface area (Å²) in [5.74, 6) is 0. The molecule has 0 aliphatic heterocycles. The van der Waals surface area contributed by atoms with E-state index in [0.717, 1.165) is 15.8 Å². The Balaban J connectivity index is 2.94. The van der Waals surface area contributed by atoms with Crippen LogP contribution in [0.3, 0.4) is 0 Å². The van der Waals surface area contributed by atoms with E-state index in [1.165, 1.54) is 31.4 Å². The van der Waals surface area contributed by atoms with Crippen LogP contribution in [0.25, 0.3) is 0 Å². The highest BCUT2D eigenvalue weighted by Crippen LogP contribution is 2.34. The van der Waals surface area contributed by atoms with Gasteiger partial charge in [-0.15, -0.1) is 0 Å². The molecule has 0 aliphatic carbocycles. The minimum Gasteiger partial charge on any atom is -0.253 e. The molecule has 0 fully saturated rings. The molecule has 0 amide bonds. The molecule has 3 heteroatoms. The van der Waals surface area contributed by atoms with Crippen LogP contribution in [-0.4, -0.2) is 9.97 Å². The summed E-state index contributed by atoms with van der Waals surface area (Å²) in [5.41, 5.74) is 2.40. The standard InChI is InChI=1S/C14H23IN2/c1-5-7-8-9-14(4,6-2)12-13(15)16-10-11(3)17-12/h10H,5-9H2,1-4H3. The maximum absolute atomic E-state index is 4.72. The molecule has 0 N–H and O–H groups in total. The van der Waals surface area contributed by atoms with Gasteiger partial charge in [-0.3, -0.25) is 4.98 Å². The zero-order chi connectivity index (χ0) is 12.9. The lowest BCUT2D eigenvalue weighted by atomic mass is 9.79. The molecule has 2 nitrogen and oxygen atoms in total. The fourth-order valence-corrected chi connectivity index (χ4v) is 2.99. The van der Waals surface area contributed by atoms with Gasteiger partial charge in [0.2, 0.25) is 0 Å². The van der Waals surface area contributed by atoms with Gasteiger partial charge in [-0.05, 0) is 42.4 Å². The monoisotopic (exact) mass is 346 g/mol. The number of unbranched alkanes of at least 4 members (excludes halogenated alkanes) is 2. The quantitative estimate of drug-likeness (QED) is 0.554. The fraction of sp³-hybridized carbons (Fsp3) is 0.714. The lowest BCUT2D eigenvalue weighted by molar-refractivity contribution is 0.383. The third-order valence-corrected chi connectivity index (χ3v) is 4.32. The molecule has 1 aromatic heterocycles. The molecule has 17 heavy (non-hydrogen) atoms. The van der Waals surface area contributed by atoms with E-state index in [1.54, 1.807) is 0 Å². The summed E-state index contributed by atoms with van der Waals surface area (Å²) in [4.78, 5) is 9.17. The Morgan fingerprint density at radius 3 is 2.59 bits per heavy atom. The third-order valence-electron chi connectivity index (χ3n) is 3.53. The SMILES string of the molecule is CCCCCC(C)(CC)c1nc(C)cnc1I. The van der Waals surface area contributed by atoms with Crippen LogP contribution in [0.4, 0.5) is 0 Å². The zero-order valence-corrected chi connectivity index (χ0v) is 13.5. The molecule has 1 heterocycles. The Morgan fingerprint density at radius 1 is 1.29 bits per heavy atom. The maximum atomic E-state index is 4.72. The van der Waals surface area contributed by atoms with Crippen LogP contribution in [0.2, 0.25) is 0 Å². The number of hydrogen-bond donors (Lipinski definition) is 0. The van der Waals surface area contributed by atoms with Crippen molar-refractivity contribution in [1.82, 2.24) is 9.97 Å². The van der Waals surface area contributed by atoms with Gasteiger partial charge in [0.25, 0.3) is 0 Å². The first-order valence-corrected chi connectivity index (χ1v) is 7.61. The Hall–Kier alpha value is -0.190. The van der Waals surface area contributed by atoms with E-state index in [9.17, 15) is 0 Å². The fourth-order valence-electron chi connectivity index (χ4n) is 2.07. The van der Waals surface area contributed by atoms with Gasteiger partial charge in [0, 0.05) is 11.6 Å². The van der Waals surface area contributed by atoms with E-state index < -0.39 is 0 Å². The molecule has 0 aromatic carbocycles. The average molecular weight is 346 g/mol. The number of halogens is 1. The first-order valence-electron chi connectivity index (χ1n) is 6.53. The molecule has 1 atom stereocenters. The summed E-state index contributed by atoms with van der Waals surface area (Å²) < 4.78 is 1.06. The van der Waals surface area contributed by atoms with Crippen LogP contribution in [0.1, 0.15) is 64.3 Å². The van der Waals surface area contributed by atoms with Crippen LogP contribution in [0.5, 0.6) is 0 Å². The van der Waals surface area contributed by atoms with Gasteiger partial charge in [0.05, 0.1) is 11.4 Å². The van der Waals surface area contributed by atoms with E-state index >= 15 is 0 Å². The van der Waals surface area contributed by atoms with E-state index in [0.29, 0.717) is 0 Å². The molecular weight excluding hydrogens is 323 g/mol. The second-order valence-corrected chi connectivity index (χ2v) is 6.04. The minimum atomic E-state index is 0.185. The number of hydrogen-bond acceptors (Lipinski definition) is 2.